The van der Waals surface area contributed by atoms with Crippen LogP contribution in [0.2, 0.25) is 0 Å². The Balaban J connectivity index is 2.06. The number of ether oxygens (including phenoxy) is 2. The second-order valence-corrected chi connectivity index (χ2v) is 6.29. The van der Waals surface area contributed by atoms with E-state index in [0.29, 0.717) is 22.6 Å². The summed E-state index contributed by atoms with van der Waals surface area (Å²) < 4.78 is 44.0. The standard InChI is InChI=1S/C23H18F2O3/c1-26-16-10-8-15(9-11-16)21-20(14-6-4-3-5-7-14)18-12-17(27-2)13-19(23(24)25)22(18)28-21/h3-13,23H,1-2H3. The van der Waals surface area contributed by atoms with Crippen LogP contribution < -0.4 is 9.47 Å². The maximum Gasteiger partial charge on any atom is 0.267 e. The van der Waals surface area contributed by atoms with Crippen molar-refractivity contribution in [3.8, 4) is 33.9 Å². The van der Waals surface area contributed by atoms with Crippen molar-refractivity contribution in [2.24, 2.45) is 0 Å². The minimum atomic E-state index is -2.68. The maximum atomic E-state index is 13.7. The second-order valence-electron chi connectivity index (χ2n) is 6.29. The fourth-order valence-corrected chi connectivity index (χ4v) is 3.32. The number of halogens is 2. The lowest BCUT2D eigenvalue weighted by Gasteiger charge is -2.06. The summed E-state index contributed by atoms with van der Waals surface area (Å²) in [4.78, 5) is 0. The molecular weight excluding hydrogens is 362 g/mol. The van der Waals surface area contributed by atoms with Gasteiger partial charge in [-0.3, -0.25) is 0 Å². The minimum absolute atomic E-state index is 0.167. The molecule has 0 aliphatic rings. The molecule has 0 atom stereocenters. The van der Waals surface area contributed by atoms with Gasteiger partial charge in [0, 0.05) is 16.5 Å². The molecule has 1 heterocycles. The predicted octanol–water partition coefficient (Wildman–Crippen LogP) is 6.72. The number of methoxy groups -OCH3 is 2. The van der Waals surface area contributed by atoms with Crippen LogP contribution in [0.5, 0.6) is 11.5 Å². The van der Waals surface area contributed by atoms with Crippen molar-refractivity contribution in [3.05, 3.63) is 72.3 Å². The van der Waals surface area contributed by atoms with Crippen molar-refractivity contribution < 1.29 is 22.7 Å². The highest BCUT2D eigenvalue weighted by Crippen LogP contribution is 2.45. The van der Waals surface area contributed by atoms with E-state index in [9.17, 15) is 8.78 Å². The Morgan fingerprint density at radius 3 is 2.07 bits per heavy atom. The lowest BCUT2D eigenvalue weighted by atomic mass is 9.97. The number of alkyl halides is 2. The molecule has 0 amide bonds. The Labute approximate surface area is 161 Å². The van der Waals surface area contributed by atoms with Gasteiger partial charge < -0.3 is 13.9 Å². The third-order valence-electron chi connectivity index (χ3n) is 4.68. The molecule has 0 bridgehead atoms. The Kier molecular flexibility index (Phi) is 4.74. The van der Waals surface area contributed by atoms with E-state index < -0.39 is 6.43 Å². The molecule has 0 spiro atoms. The van der Waals surface area contributed by atoms with E-state index >= 15 is 0 Å². The SMILES string of the molecule is COc1ccc(-c2oc3c(C(F)F)cc(OC)cc3c2-c2ccccc2)cc1. The van der Waals surface area contributed by atoms with Crippen LogP contribution in [0.25, 0.3) is 33.4 Å². The zero-order valence-corrected chi connectivity index (χ0v) is 15.4. The van der Waals surface area contributed by atoms with Crippen LogP contribution in [-0.4, -0.2) is 14.2 Å². The smallest absolute Gasteiger partial charge is 0.267 e. The number of furan rings is 1. The molecule has 142 valence electrons. The molecule has 0 saturated heterocycles. The van der Waals surface area contributed by atoms with Crippen LogP contribution in [0, 0.1) is 0 Å². The first kappa shape index (κ1) is 18.0. The van der Waals surface area contributed by atoms with Crippen LogP contribution in [0.3, 0.4) is 0 Å². The van der Waals surface area contributed by atoms with Crippen LogP contribution in [-0.2, 0) is 0 Å². The maximum absolute atomic E-state index is 13.7. The molecule has 1 aromatic heterocycles. The first-order valence-electron chi connectivity index (χ1n) is 8.74. The van der Waals surface area contributed by atoms with E-state index in [1.807, 2.05) is 54.6 Å². The van der Waals surface area contributed by atoms with Crippen LogP contribution >= 0.6 is 0 Å². The van der Waals surface area contributed by atoms with Gasteiger partial charge in [0.2, 0.25) is 0 Å². The highest BCUT2D eigenvalue weighted by Gasteiger charge is 2.24. The average molecular weight is 380 g/mol. The predicted molar refractivity (Wildman–Crippen MR) is 105 cm³/mol. The number of benzene rings is 3. The highest BCUT2D eigenvalue weighted by atomic mass is 19.3. The first-order valence-corrected chi connectivity index (χ1v) is 8.74. The van der Waals surface area contributed by atoms with E-state index in [-0.39, 0.29) is 11.1 Å². The van der Waals surface area contributed by atoms with Gasteiger partial charge in [0.15, 0.2) is 0 Å². The number of rotatable bonds is 5. The molecule has 0 unspecified atom stereocenters. The average Bonchev–Trinajstić information content (AvgIpc) is 3.12. The largest absolute Gasteiger partial charge is 0.497 e. The van der Waals surface area contributed by atoms with Crippen molar-refractivity contribution in [2.75, 3.05) is 14.2 Å². The van der Waals surface area contributed by atoms with Gasteiger partial charge in [0.05, 0.1) is 19.8 Å². The van der Waals surface area contributed by atoms with E-state index in [4.69, 9.17) is 13.9 Å². The molecule has 0 aliphatic carbocycles. The number of hydrogen-bond acceptors (Lipinski definition) is 3. The van der Waals surface area contributed by atoms with Crippen LogP contribution in [0.4, 0.5) is 8.78 Å². The number of fused-ring (bicyclic) bond motifs is 1. The molecule has 4 rings (SSSR count). The van der Waals surface area contributed by atoms with Crippen LogP contribution in [0.15, 0.2) is 71.1 Å². The van der Waals surface area contributed by atoms with E-state index in [1.54, 1.807) is 13.2 Å². The Bertz CT molecular complexity index is 1100. The molecule has 0 aliphatic heterocycles. The zero-order valence-electron chi connectivity index (χ0n) is 15.4. The van der Waals surface area contributed by atoms with E-state index in [1.165, 1.54) is 13.2 Å². The van der Waals surface area contributed by atoms with Gasteiger partial charge in [-0.15, -0.1) is 0 Å². The Morgan fingerprint density at radius 1 is 0.786 bits per heavy atom. The molecule has 0 radical (unpaired) electrons. The third kappa shape index (κ3) is 3.09. The summed E-state index contributed by atoms with van der Waals surface area (Å²) in [6, 6.07) is 20.0. The zero-order chi connectivity index (χ0) is 19.7. The quantitative estimate of drug-likeness (QED) is 0.385. The second kappa shape index (κ2) is 7.35. The summed E-state index contributed by atoms with van der Waals surface area (Å²) in [6.07, 6.45) is -2.68. The van der Waals surface area contributed by atoms with Crippen LogP contribution in [0.1, 0.15) is 12.0 Å². The highest BCUT2D eigenvalue weighted by molar-refractivity contribution is 6.03. The molecule has 4 aromatic rings. The molecule has 5 heteroatoms. The van der Waals surface area contributed by atoms with Crippen molar-refractivity contribution in [3.63, 3.8) is 0 Å². The fourth-order valence-electron chi connectivity index (χ4n) is 3.32. The number of hydrogen-bond donors (Lipinski definition) is 0. The summed E-state index contributed by atoms with van der Waals surface area (Å²) in [7, 11) is 3.05. The van der Waals surface area contributed by atoms with Gasteiger partial charge in [-0.2, -0.15) is 0 Å². The molecule has 0 fully saturated rings. The van der Waals surface area contributed by atoms with Gasteiger partial charge in [0.1, 0.15) is 22.8 Å². The molecule has 28 heavy (non-hydrogen) atoms. The lowest BCUT2D eigenvalue weighted by Crippen LogP contribution is -1.89. The van der Waals surface area contributed by atoms with Gasteiger partial charge in [-0.1, -0.05) is 30.3 Å². The summed E-state index contributed by atoms with van der Waals surface area (Å²) in [5.41, 5.74) is 2.38. The van der Waals surface area contributed by atoms with Crippen molar-refractivity contribution in [1.82, 2.24) is 0 Å². The Morgan fingerprint density at radius 2 is 1.46 bits per heavy atom. The van der Waals surface area contributed by atoms with E-state index in [0.717, 1.165) is 16.7 Å². The molecule has 3 nitrogen and oxygen atoms in total. The normalized spacial score (nSPS) is 11.2. The lowest BCUT2D eigenvalue weighted by molar-refractivity contribution is 0.151. The summed E-state index contributed by atoms with van der Waals surface area (Å²) in [5, 5.41) is 0.590. The van der Waals surface area contributed by atoms with Crippen molar-refractivity contribution >= 4 is 11.0 Å². The van der Waals surface area contributed by atoms with Crippen molar-refractivity contribution in [1.29, 1.82) is 0 Å². The van der Waals surface area contributed by atoms with Gasteiger partial charge >= 0.3 is 0 Å². The van der Waals surface area contributed by atoms with Gasteiger partial charge in [-0.05, 0) is 42.0 Å². The molecule has 0 saturated carbocycles. The van der Waals surface area contributed by atoms with Gasteiger partial charge in [-0.25, -0.2) is 8.78 Å². The van der Waals surface area contributed by atoms with E-state index in [2.05, 4.69) is 0 Å². The van der Waals surface area contributed by atoms with Crippen molar-refractivity contribution in [2.45, 2.75) is 6.43 Å². The molecular formula is C23H18F2O3. The molecule has 0 N–H and O–H groups in total. The topological polar surface area (TPSA) is 31.6 Å². The third-order valence-corrected chi connectivity index (χ3v) is 4.68. The minimum Gasteiger partial charge on any atom is -0.497 e. The van der Waals surface area contributed by atoms with Gasteiger partial charge in [0.25, 0.3) is 6.43 Å². The summed E-state index contributed by atoms with van der Waals surface area (Å²) >= 11 is 0. The Hall–Kier alpha value is -3.34. The summed E-state index contributed by atoms with van der Waals surface area (Å²) in [6.45, 7) is 0. The molecule has 3 aromatic carbocycles. The fraction of sp³-hybridized carbons (Fsp3) is 0.130. The monoisotopic (exact) mass is 380 g/mol. The first-order chi connectivity index (χ1) is 13.6. The summed E-state index contributed by atoms with van der Waals surface area (Å²) in [5.74, 6) is 1.59.